The molecule has 0 aliphatic carbocycles. The van der Waals surface area contributed by atoms with Crippen LogP contribution in [-0.4, -0.2) is 44.0 Å². The molecule has 0 aromatic carbocycles. The molecule has 3 heterocycles. The summed E-state index contributed by atoms with van der Waals surface area (Å²) < 4.78 is 6.46. The molecule has 2 saturated heterocycles. The largest absolute Gasteiger partial charge is 0.376 e. The van der Waals surface area contributed by atoms with Crippen molar-refractivity contribution in [2.75, 3.05) is 26.2 Å². The van der Waals surface area contributed by atoms with Gasteiger partial charge in [-0.05, 0) is 49.9 Å². The predicted octanol–water partition coefficient (Wildman–Crippen LogP) is 3.06. The van der Waals surface area contributed by atoms with Crippen molar-refractivity contribution in [2.24, 2.45) is 5.41 Å². The van der Waals surface area contributed by atoms with Crippen molar-refractivity contribution in [3.05, 3.63) is 21.3 Å². The number of nitrogens with one attached hydrogen (secondary N) is 2. The van der Waals surface area contributed by atoms with Gasteiger partial charge in [-0.1, -0.05) is 11.6 Å². The third-order valence-electron chi connectivity index (χ3n) is 4.90. The molecule has 0 saturated carbocycles. The summed E-state index contributed by atoms with van der Waals surface area (Å²) in [7, 11) is 0. The fourth-order valence-corrected chi connectivity index (χ4v) is 4.47. The third-order valence-corrected chi connectivity index (χ3v) is 6.18. The van der Waals surface area contributed by atoms with Crippen LogP contribution in [0, 0.1) is 5.41 Å². The number of amides is 1. The van der Waals surface area contributed by atoms with Crippen LogP contribution in [0.5, 0.6) is 0 Å². The number of ketones is 1. The van der Waals surface area contributed by atoms with Gasteiger partial charge in [0, 0.05) is 19.4 Å². The number of ether oxygens (including phenoxy) is 1. The lowest BCUT2D eigenvalue weighted by atomic mass is 9.77. The lowest BCUT2D eigenvalue weighted by Crippen LogP contribution is -2.38. The molecular weight excluding hydrogens is 383 g/mol. The van der Waals surface area contributed by atoms with Crippen LogP contribution in [0.1, 0.15) is 41.8 Å². The summed E-state index contributed by atoms with van der Waals surface area (Å²) in [5.74, 6) is -0.131. The quantitative estimate of drug-likeness (QED) is 0.712. The number of hydrogen-bond acceptors (Lipinski definition) is 5. The van der Waals surface area contributed by atoms with E-state index in [1.807, 2.05) is 0 Å². The second-order valence-corrected chi connectivity index (χ2v) is 8.43. The van der Waals surface area contributed by atoms with Crippen molar-refractivity contribution in [1.82, 2.24) is 10.6 Å². The van der Waals surface area contributed by atoms with Crippen molar-refractivity contribution < 1.29 is 14.3 Å². The van der Waals surface area contributed by atoms with E-state index in [0.29, 0.717) is 21.2 Å². The summed E-state index contributed by atoms with van der Waals surface area (Å²) in [6.07, 6.45) is 3.82. The summed E-state index contributed by atoms with van der Waals surface area (Å²) in [5, 5.41) is 6.28. The van der Waals surface area contributed by atoms with E-state index in [1.54, 1.807) is 12.1 Å². The van der Waals surface area contributed by atoms with Gasteiger partial charge in [-0.25, -0.2) is 0 Å². The van der Waals surface area contributed by atoms with Gasteiger partial charge in [0.1, 0.15) is 0 Å². The number of carbonyl (C=O) groups is 2. The second kappa shape index (κ2) is 9.33. The SMILES string of the molecule is Cl.O=C(CCC(=O)c1ccc(Cl)s1)NCC1CC2(CCNCC2)CO1. The first-order valence-corrected chi connectivity index (χ1v) is 9.63. The average molecular weight is 407 g/mol. The van der Waals surface area contributed by atoms with E-state index in [2.05, 4.69) is 10.6 Å². The standard InChI is InChI=1S/C17H23ClN2O3S.ClH/c18-15-3-2-14(24-15)13(21)1-4-16(22)20-10-12-9-17(11-23-12)5-7-19-8-6-17;/h2-3,12,19H,1,4-11H2,(H,20,22);1H. The van der Waals surface area contributed by atoms with E-state index in [0.717, 1.165) is 39.0 Å². The minimum atomic E-state index is -0.0964. The molecule has 25 heavy (non-hydrogen) atoms. The molecule has 1 atom stereocenters. The topological polar surface area (TPSA) is 67.4 Å². The fourth-order valence-electron chi connectivity index (χ4n) is 3.46. The Balaban J connectivity index is 0.00000225. The molecule has 1 aromatic rings. The fraction of sp³-hybridized carbons (Fsp3) is 0.647. The maximum atomic E-state index is 12.0. The average Bonchev–Trinajstić information content (AvgIpc) is 3.18. The van der Waals surface area contributed by atoms with Crippen molar-refractivity contribution in [3.8, 4) is 0 Å². The van der Waals surface area contributed by atoms with Crippen LogP contribution in [0.15, 0.2) is 12.1 Å². The molecule has 5 nitrogen and oxygen atoms in total. The van der Waals surface area contributed by atoms with Crippen molar-refractivity contribution in [3.63, 3.8) is 0 Å². The molecule has 8 heteroatoms. The highest BCUT2D eigenvalue weighted by Crippen LogP contribution is 2.40. The number of Topliss-reactive ketones (excluding diaryl/α,β-unsaturated/α-hetero) is 1. The Morgan fingerprint density at radius 1 is 1.32 bits per heavy atom. The van der Waals surface area contributed by atoms with Gasteiger partial charge in [0.25, 0.3) is 0 Å². The van der Waals surface area contributed by atoms with Crippen LogP contribution in [0.4, 0.5) is 0 Å². The molecule has 2 fully saturated rings. The normalized spacial score (nSPS) is 21.7. The van der Waals surface area contributed by atoms with Crippen molar-refractivity contribution in [1.29, 1.82) is 0 Å². The predicted molar refractivity (Wildman–Crippen MR) is 102 cm³/mol. The van der Waals surface area contributed by atoms with E-state index in [4.69, 9.17) is 16.3 Å². The Bertz CT molecular complexity index is 602. The number of rotatable bonds is 6. The molecular formula is C17H24Cl2N2O3S. The molecule has 1 spiro atoms. The van der Waals surface area contributed by atoms with Gasteiger partial charge in [0.2, 0.25) is 5.91 Å². The van der Waals surface area contributed by atoms with E-state index >= 15 is 0 Å². The lowest BCUT2D eigenvalue weighted by molar-refractivity contribution is -0.121. The summed E-state index contributed by atoms with van der Waals surface area (Å²) in [6, 6.07) is 3.41. The summed E-state index contributed by atoms with van der Waals surface area (Å²) >= 11 is 7.07. The Hall–Kier alpha value is -0.660. The zero-order chi connectivity index (χ0) is 17.0. The monoisotopic (exact) mass is 406 g/mol. The molecule has 1 unspecified atom stereocenters. The minimum absolute atomic E-state index is 0. The number of hydrogen-bond donors (Lipinski definition) is 2. The first-order valence-electron chi connectivity index (χ1n) is 8.44. The second-order valence-electron chi connectivity index (χ2n) is 6.72. The van der Waals surface area contributed by atoms with E-state index in [1.165, 1.54) is 11.3 Å². The smallest absolute Gasteiger partial charge is 0.220 e. The molecule has 140 valence electrons. The van der Waals surface area contributed by atoms with Crippen LogP contribution in [-0.2, 0) is 9.53 Å². The zero-order valence-corrected chi connectivity index (χ0v) is 16.4. The number of carbonyl (C=O) groups excluding carboxylic acids is 2. The minimum Gasteiger partial charge on any atom is -0.376 e. The summed E-state index contributed by atoms with van der Waals surface area (Å²) in [4.78, 5) is 24.5. The van der Waals surface area contributed by atoms with Crippen LogP contribution in [0.2, 0.25) is 4.34 Å². The van der Waals surface area contributed by atoms with E-state index < -0.39 is 0 Å². The molecule has 2 aliphatic heterocycles. The molecule has 2 aliphatic rings. The van der Waals surface area contributed by atoms with E-state index in [9.17, 15) is 9.59 Å². The summed E-state index contributed by atoms with van der Waals surface area (Å²) in [5.41, 5.74) is 0.301. The molecule has 1 amide bonds. The molecule has 0 radical (unpaired) electrons. The van der Waals surface area contributed by atoms with Gasteiger partial charge in [0.15, 0.2) is 5.78 Å². The summed E-state index contributed by atoms with van der Waals surface area (Å²) in [6.45, 7) is 3.44. The van der Waals surface area contributed by atoms with Gasteiger partial charge in [-0.2, -0.15) is 0 Å². The third kappa shape index (κ3) is 5.66. The van der Waals surface area contributed by atoms with Gasteiger partial charge < -0.3 is 15.4 Å². The van der Waals surface area contributed by atoms with Gasteiger partial charge in [-0.15, -0.1) is 23.7 Å². The van der Waals surface area contributed by atoms with Gasteiger partial charge in [0.05, 0.1) is 21.9 Å². The Morgan fingerprint density at radius 3 is 2.76 bits per heavy atom. The number of piperidine rings is 1. The highest BCUT2D eigenvalue weighted by molar-refractivity contribution is 7.18. The van der Waals surface area contributed by atoms with Crippen molar-refractivity contribution >= 4 is 47.0 Å². The molecule has 1 aromatic heterocycles. The highest BCUT2D eigenvalue weighted by Gasteiger charge is 2.40. The van der Waals surface area contributed by atoms with Crippen LogP contribution < -0.4 is 10.6 Å². The number of thiophene rings is 1. The zero-order valence-electron chi connectivity index (χ0n) is 14.0. The van der Waals surface area contributed by atoms with E-state index in [-0.39, 0.29) is 43.0 Å². The molecule has 2 N–H and O–H groups in total. The molecule has 0 bridgehead atoms. The Morgan fingerprint density at radius 2 is 2.08 bits per heavy atom. The lowest BCUT2D eigenvalue weighted by Gasteiger charge is -2.32. The van der Waals surface area contributed by atoms with Gasteiger partial charge >= 0.3 is 0 Å². The first-order chi connectivity index (χ1) is 11.6. The van der Waals surface area contributed by atoms with Crippen LogP contribution in [0.25, 0.3) is 0 Å². The van der Waals surface area contributed by atoms with Crippen molar-refractivity contribution in [2.45, 2.75) is 38.2 Å². The number of halogens is 2. The molecule has 3 rings (SSSR count). The van der Waals surface area contributed by atoms with Crippen LogP contribution in [0.3, 0.4) is 0 Å². The Labute approximate surface area is 163 Å². The Kier molecular flexibility index (Phi) is 7.70. The maximum Gasteiger partial charge on any atom is 0.220 e. The first kappa shape index (κ1) is 20.6. The van der Waals surface area contributed by atoms with Crippen LogP contribution >= 0.6 is 35.3 Å². The highest BCUT2D eigenvalue weighted by atomic mass is 35.5. The maximum absolute atomic E-state index is 12.0. The van der Waals surface area contributed by atoms with Gasteiger partial charge in [-0.3, -0.25) is 9.59 Å².